The van der Waals surface area contributed by atoms with Crippen LogP contribution >= 0.6 is 11.6 Å². The number of anilines is 1. The predicted molar refractivity (Wildman–Crippen MR) is 155 cm³/mol. The Kier molecular flexibility index (Phi) is 9.91. The van der Waals surface area contributed by atoms with Crippen molar-refractivity contribution in [2.75, 3.05) is 31.5 Å². The molecule has 39 heavy (non-hydrogen) atoms. The molecule has 2 saturated heterocycles. The molecular formula is C31H42ClN3O4. The molecule has 2 fully saturated rings. The van der Waals surface area contributed by atoms with E-state index in [1.165, 1.54) is 0 Å². The third kappa shape index (κ3) is 8.95. The number of likely N-dealkylation sites (tertiary alicyclic amines) is 2. The van der Waals surface area contributed by atoms with Gasteiger partial charge in [-0.05, 0) is 107 Å². The van der Waals surface area contributed by atoms with E-state index in [0.717, 1.165) is 81.6 Å². The van der Waals surface area contributed by atoms with Crippen LogP contribution in [0.25, 0.3) is 0 Å². The molecule has 2 aromatic rings. The number of aliphatic hydroxyl groups is 1. The van der Waals surface area contributed by atoms with E-state index in [4.69, 9.17) is 16.3 Å². The average molecular weight is 556 g/mol. The van der Waals surface area contributed by atoms with Gasteiger partial charge in [0.25, 0.3) is 0 Å². The van der Waals surface area contributed by atoms with Gasteiger partial charge in [0, 0.05) is 36.3 Å². The van der Waals surface area contributed by atoms with Gasteiger partial charge in [0.05, 0.1) is 6.10 Å². The van der Waals surface area contributed by atoms with Gasteiger partial charge in [-0.25, -0.2) is 4.79 Å². The Hall–Kier alpha value is -2.61. The monoisotopic (exact) mass is 555 g/mol. The van der Waals surface area contributed by atoms with Crippen molar-refractivity contribution in [3.63, 3.8) is 0 Å². The SMILES string of the molecule is CC(C)(C)OC(=O)Nc1cccc(CN2CCC(C(=O)N3CCC(CC(O)c4ccc(Cl)cc4)CC3)CC2)c1. The molecule has 0 spiro atoms. The molecule has 0 bridgehead atoms. The van der Waals surface area contributed by atoms with Gasteiger partial charge in [-0.2, -0.15) is 0 Å². The van der Waals surface area contributed by atoms with Gasteiger partial charge in [-0.15, -0.1) is 0 Å². The summed E-state index contributed by atoms with van der Waals surface area (Å²) in [7, 11) is 0. The molecule has 2 N–H and O–H groups in total. The third-order valence-electron chi connectivity index (χ3n) is 7.65. The molecule has 7 nitrogen and oxygen atoms in total. The topological polar surface area (TPSA) is 82.1 Å². The molecule has 0 aliphatic carbocycles. The zero-order valence-corrected chi connectivity index (χ0v) is 24.1. The molecule has 0 aromatic heterocycles. The van der Waals surface area contributed by atoms with Gasteiger partial charge in [0.15, 0.2) is 0 Å². The first kappa shape index (κ1) is 29.4. The number of nitrogens with zero attached hydrogens (tertiary/aromatic N) is 2. The van der Waals surface area contributed by atoms with Crippen LogP contribution in [0.15, 0.2) is 48.5 Å². The van der Waals surface area contributed by atoms with Gasteiger partial charge in [0.1, 0.15) is 5.60 Å². The molecule has 0 saturated carbocycles. The molecule has 212 valence electrons. The highest BCUT2D eigenvalue weighted by atomic mass is 35.5. The first-order chi connectivity index (χ1) is 18.6. The largest absolute Gasteiger partial charge is 0.444 e. The summed E-state index contributed by atoms with van der Waals surface area (Å²) in [5.41, 5.74) is 2.20. The van der Waals surface area contributed by atoms with E-state index in [0.29, 0.717) is 10.9 Å². The van der Waals surface area contributed by atoms with Gasteiger partial charge < -0.3 is 14.7 Å². The second-order valence-corrected chi connectivity index (χ2v) is 12.4. The van der Waals surface area contributed by atoms with Crippen LogP contribution in [0.1, 0.15) is 70.1 Å². The van der Waals surface area contributed by atoms with Crippen LogP contribution in [0.3, 0.4) is 0 Å². The Morgan fingerprint density at radius 1 is 1.03 bits per heavy atom. The lowest BCUT2D eigenvalue weighted by Gasteiger charge is -2.37. The maximum atomic E-state index is 13.2. The van der Waals surface area contributed by atoms with E-state index in [2.05, 4.69) is 16.3 Å². The normalized spacial score (nSPS) is 18.5. The number of carbonyl (C=O) groups is 2. The van der Waals surface area contributed by atoms with Gasteiger partial charge in [-0.3, -0.25) is 15.0 Å². The van der Waals surface area contributed by atoms with Crippen molar-refractivity contribution in [1.29, 1.82) is 0 Å². The molecule has 2 amide bonds. The number of benzene rings is 2. The average Bonchev–Trinajstić information content (AvgIpc) is 2.88. The van der Waals surface area contributed by atoms with Crippen molar-refractivity contribution in [2.24, 2.45) is 11.8 Å². The van der Waals surface area contributed by atoms with E-state index in [9.17, 15) is 14.7 Å². The summed E-state index contributed by atoms with van der Waals surface area (Å²) in [4.78, 5) is 29.8. The van der Waals surface area contributed by atoms with Crippen LogP contribution in [-0.2, 0) is 16.1 Å². The lowest BCUT2D eigenvalue weighted by molar-refractivity contribution is -0.138. The summed E-state index contributed by atoms with van der Waals surface area (Å²) in [5.74, 6) is 0.787. The van der Waals surface area contributed by atoms with E-state index in [1.807, 2.05) is 68.1 Å². The second-order valence-electron chi connectivity index (χ2n) is 11.9. The van der Waals surface area contributed by atoms with Crippen LogP contribution in [-0.4, -0.2) is 58.7 Å². The number of hydrogen-bond donors (Lipinski definition) is 2. The van der Waals surface area contributed by atoms with E-state index < -0.39 is 17.8 Å². The van der Waals surface area contributed by atoms with Crippen molar-refractivity contribution in [1.82, 2.24) is 9.80 Å². The Balaban J connectivity index is 1.19. The molecule has 0 radical (unpaired) electrons. The number of ether oxygens (including phenoxy) is 1. The fourth-order valence-corrected chi connectivity index (χ4v) is 5.68. The van der Waals surface area contributed by atoms with Gasteiger partial charge in [0.2, 0.25) is 5.91 Å². The first-order valence-electron chi connectivity index (χ1n) is 14.1. The molecule has 1 atom stereocenters. The first-order valence-corrected chi connectivity index (χ1v) is 14.5. The highest BCUT2D eigenvalue weighted by Gasteiger charge is 2.31. The number of halogens is 1. The zero-order valence-electron chi connectivity index (χ0n) is 23.4. The fraction of sp³-hybridized carbons (Fsp3) is 0.548. The predicted octanol–water partition coefficient (Wildman–Crippen LogP) is 6.26. The summed E-state index contributed by atoms with van der Waals surface area (Å²) >= 11 is 5.96. The number of piperidine rings is 2. The standard InChI is InChI=1S/C31H42ClN3O4/c1-31(2,3)39-30(38)33-27-6-4-5-23(19-27)21-34-15-13-25(14-16-34)29(37)35-17-11-22(12-18-35)20-28(36)24-7-9-26(32)10-8-24/h4-10,19,22,25,28,36H,11-18,20-21H2,1-3H3,(H,33,38). The highest BCUT2D eigenvalue weighted by Crippen LogP contribution is 2.30. The Labute approximate surface area is 237 Å². The van der Waals surface area contributed by atoms with Crippen molar-refractivity contribution in [3.05, 3.63) is 64.7 Å². The van der Waals surface area contributed by atoms with Crippen molar-refractivity contribution >= 4 is 29.3 Å². The van der Waals surface area contributed by atoms with E-state index in [1.54, 1.807) is 0 Å². The number of rotatable bonds is 7. The Morgan fingerprint density at radius 2 is 1.69 bits per heavy atom. The number of nitrogens with one attached hydrogen (secondary N) is 1. The Bertz CT molecular complexity index is 1100. The molecule has 2 heterocycles. The summed E-state index contributed by atoms with van der Waals surface area (Å²) < 4.78 is 5.35. The van der Waals surface area contributed by atoms with E-state index >= 15 is 0 Å². The minimum Gasteiger partial charge on any atom is -0.444 e. The maximum Gasteiger partial charge on any atom is 0.412 e. The molecule has 2 aliphatic heterocycles. The smallest absolute Gasteiger partial charge is 0.412 e. The molecule has 2 aliphatic rings. The van der Waals surface area contributed by atoms with Crippen LogP contribution in [0.2, 0.25) is 5.02 Å². The highest BCUT2D eigenvalue weighted by molar-refractivity contribution is 6.30. The minimum atomic E-state index is -0.542. The van der Waals surface area contributed by atoms with Gasteiger partial charge in [-0.1, -0.05) is 35.9 Å². The minimum absolute atomic E-state index is 0.0811. The molecule has 2 aromatic carbocycles. The van der Waals surface area contributed by atoms with E-state index in [-0.39, 0.29) is 11.8 Å². The fourth-order valence-electron chi connectivity index (χ4n) is 5.55. The van der Waals surface area contributed by atoms with Crippen LogP contribution in [0.4, 0.5) is 10.5 Å². The summed E-state index contributed by atoms with van der Waals surface area (Å²) in [6.45, 7) is 9.61. The summed E-state index contributed by atoms with van der Waals surface area (Å²) in [6, 6.07) is 15.2. The van der Waals surface area contributed by atoms with Crippen LogP contribution in [0.5, 0.6) is 0 Å². The number of aliphatic hydroxyl groups excluding tert-OH is 1. The Morgan fingerprint density at radius 3 is 2.33 bits per heavy atom. The van der Waals surface area contributed by atoms with Crippen molar-refractivity contribution in [2.45, 2.75) is 71.1 Å². The summed E-state index contributed by atoms with van der Waals surface area (Å²) in [5, 5.41) is 14.1. The molecule has 4 rings (SSSR count). The number of carbonyl (C=O) groups excluding carboxylic acids is 2. The molecule has 8 heteroatoms. The lowest BCUT2D eigenvalue weighted by atomic mass is 9.87. The molecule has 1 unspecified atom stereocenters. The maximum absolute atomic E-state index is 13.2. The third-order valence-corrected chi connectivity index (χ3v) is 7.90. The van der Waals surface area contributed by atoms with Crippen LogP contribution in [0, 0.1) is 11.8 Å². The van der Waals surface area contributed by atoms with Crippen molar-refractivity contribution < 1.29 is 19.4 Å². The number of hydrogen-bond acceptors (Lipinski definition) is 5. The lowest BCUT2D eigenvalue weighted by Crippen LogP contribution is -2.45. The molecular weight excluding hydrogens is 514 g/mol. The quantitative estimate of drug-likeness (QED) is 0.421. The second kappa shape index (κ2) is 13.2. The van der Waals surface area contributed by atoms with Gasteiger partial charge >= 0.3 is 6.09 Å². The zero-order chi connectivity index (χ0) is 28.0. The van der Waals surface area contributed by atoms with Crippen LogP contribution < -0.4 is 5.32 Å². The summed E-state index contributed by atoms with van der Waals surface area (Å²) in [6.07, 6.45) is 3.37. The van der Waals surface area contributed by atoms with Crippen molar-refractivity contribution in [3.8, 4) is 0 Å². The number of amides is 2.